The molecule has 0 aliphatic carbocycles. The zero-order valence-corrected chi connectivity index (χ0v) is 20.4. The Balaban J connectivity index is 1.13. The van der Waals surface area contributed by atoms with Crippen LogP contribution < -0.4 is 10.2 Å². The predicted octanol–water partition coefficient (Wildman–Crippen LogP) is 5.07. The van der Waals surface area contributed by atoms with Gasteiger partial charge in [0, 0.05) is 54.0 Å². The van der Waals surface area contributed by atoms with Crippen molar-refractivity contribution in [3.8, 4) is 0 Å². The van der Waals surface area contributed by atoms with Crippen molar-refractivity contribution in [1.29, 1.82) is 0 Å². The fourth-order valence-electron chi connectivity index (χ4n) is 4.26. The highest BCUT2D eigenvalue weighted by Crippen LogP contribution is 2.26. The second kappa shape index (κ2) is 10.8. The van der Waals surface area contributed by atoms with E-state index in [2.05, 4.69) is 15.2 Å². The van der Waals surface area contributed by atoms with Gasteiger partial charge in [-0.1, -0.05) is 30.3 Å². The first kappa shape index (κ1) is 23.8. The summed E-state index contributed by atoms with van der Waals surface area (Å²) in [4.78, 5) is 34.4. The Morgan fingerprint density at radius 2 is 1.64 bits per heavy atom. The van der Waals surface area contributed by atoms with Crippen molar-refractivity contribution in [2.24, 2.45) is 0 Å². The molecule has 1 N–H and O–H groups in total. The summed E-state index contributed by atoms with van der Waals surface area (Å²) in [7, 11) is 0. The zero-order chi connectivity index (χ0) is 24.9. The molecule has 4 aromatic rings. The number of hydrogen-bond acceptors (Lipinski definition) is 5. The fourth-order valence-corrected chi connectivity index (χ4v) is 5.10. The van der Waals surface area contributed by atoms with Gasteiger partial charge in [-0.25, -0.2) is 4.39 Å². The molecular weight excluding hydrogens is 475 g/mol. The highest BCUT2D eigenvalue weighted by molar-refractivity contribution is 8.00. The monoisotopic (exact) mass is 500 g/mol. The Morgan fingerprint density at radius 3 is 2.42 bits per heavy atom. The Labute approximate surface area is 213 Å². The van der Waals surface area contributed by atoms with Crippen molar-refractivity contribution in [2.75, 3.05) is 42.1 Å². The van der Waals surface area contributed by atoms with Crippen molar-refractivity contribution >= 4 is 45.9 Å². The summed E-state index contributed by atoms with van der Waals surface area (Å²) >= 11 is 1.47. The highest BCUT2D eigenvalue weighted by atomic mass is 32.2. The van der Waals surface area contributed by atoms with Gasteiger partial charge in [0.05, 0.1) is 16.8 Å². The van der Waals surface area contributed by atoms with E-state index in [9.17, 15) is 14.0 Å². The summed E-state index contributed by atoms with van der Waals surface area (Å²) in [6.07, 6.45) is 1.76. The lowest BCUT2D eigenvalue weighted by Crippen LogP contribution is -2.49. The van der Waals surface area contributed by atoms with E-state index in [1.165, 1.54) is 23.9 Å². The lowest BCUT2D eigenvalue weighted by molar-refractivity contribution is -0.113. The summed E-state index contributed by atoms with van der Waals surface area (Å²) < 4.78 is 14.0. The molecule has 36 heavy (non-hydrogen) atoms. The highest BCUT2D eigenvalue weighted by Gasteiger charge is 2.24. The summed E-state index contributed by atoms with van der Waals surface area (Å²) in [5.41, 5.74) is 2.76. The van der Waals surface area contributed by atoms with Gasteiger partial charge in [0.15, 0.2) is 0 Å². The van der Waals surface area contributed by atoms with Crippen molar-refractivity contribution in [3.63, 3.8) is 0 Å². The number of anilines is 2. The number of piperazine rings is 1. The van der Waals surface area contributed by atoms with Crippen LogP contribution in [0.25, 0.3) is 10.9 Å². The molecule has 1 aromatic heterocycles. The second-order valence-electron chi connectivity index (χ2n) is 8.47. The second-order valence-corrected chi connectivity index (χ2v) is 9.49. The number of carbonyl (C=O) groups is 2. The van der Waals surface area contributed by atoms with Crippen LogP contribution in [-0.2, 0) is 4.79 Å². The molecule has 0 radical (unpaired) electrons. The minimum absolute atomic E-state index is 0.0824. The first-order valence-corrected chi connectivity index (χ1v) is 12.7. The van der Waals surface area contributed by atoms with E-state index < -0.39 is 5.82 Å². The maximum atomic E-state index is 14.0. The summed E-state index contributed by atoms with van der Waals surface area (Å²) in [5, 5.41) is 4.00. The minimum Gasteiger partial charge on any atom is -0.368 e. The van der Waals surface area contributed by atoms with Gasteiger partial charge in [-0.3, -0.25) is 14.6 Å². The standard InChI is InChI=1S/C28H25FN4O2S/c29-24-8-2-1-7-23(24)28(35)33-17-15-32(16-18-33)22-12-10-21(11-13-22)31-26(34)19-36-25-9-3-5-20-6-4-14-30-27(20)25/h1-14H,15-19H2,(H,31,34). The van der Waals surface area contributed by atoms with Crippen molar-refractivity contribution in [2.45, 2.75) is 4.90 Å². The Hall–Kier alpha value is -3.91. The van der Waals surface area contributed by atoms with Crippen LogP contribution in [-0.4, -0.2) is 53.6 Å². The number of fused-ring (bicyclic) bond motifs is 1. The third kappa shape index (κ3) is 5.33. The fraction of sp³-hybridized carbons (Fsp3) is 0.179. The number of rotatable bonds is 6. The minimum atomic E-state index is -0.491. The van der Waals surface area contributed by atoms with Gasteiger partial charge in [0.1, 0.15) is 5.82 Å². The number of nitrogens with zero attached hydrogens (tertiary/aromatic N) is 3. The number of nitrogens with one attached hydrogen (secondary N) is 1. The van der Waals surface area contributed by atoms with E-state index >= 15 is 0 Å². The maximum absolute atomic E-state index is 14.0. The maximum Gasteiger partial charge on any atom is 0.256 e. The van der Waals surface area contributed by atoms with Crippen molar-refractivity contribution < 1.29 is 14.0 Å². The van der Waals surface area contributed by atoms with Gasteiger partial charge in [-0.2, -0.15) is 0 Å². The molecule has 8 heteroatoms. The number of benzene rings is 3. The number of aromatic nitrogens is 1. The molecule has 1 aliphatic heterocycles. The van der Waals surface area contributed by atoms with Gasteiger partial charge in [0.2, 0.25) is 5.91 Å². The van der Waals surface area contributed by atoms with Gasteiger partial charge >= 0.3 is 0 Å². The number of pyridine rings is 1. The SMILES string of the molecule is O=C(CSc1cccc2cccnc12)Nc1ccc(N2CCN(C(=O)c3ccccc3F)CC2)cc1. The average Bonchev–Trinajstić information content (AvgIpc) is 2.92. The molecule has 1 fully saturated rings. The lowest BCUT2D eigenvalue weighted by Gasteiger charge is -2.36. The van der Waals surface area contributed by atoms with E-state index in [1.54, 1.807) is 23.2 Å². The largest absolute Gasteiger partial charge is 0.368 e. The van der Waals surface area contributed by atoms with Crippen LogP contribution in [0, 0.1) is 5.82 Å². The number of para-hydroxylation sites is 1. The molecule has 0 atom stereocenters. The summed E-state index contributed by atoms with van der Waals surface area (Å²) in [5.74, 6) is -0.561. The molecule has 1 saturated heterocycles. The van der Waals surface area contributed by atoms with Crippen LogP contribution in [0.5, 0.6) is 0 Å². The molecule has 0 unspecified atom stereocenters. The van der Waals surface area contributed by atoms with E-state index in [1.807, 2.05) is 54.6 Å². The average molecular weight is 501 g/mol. The van der Waals surface area contributed by atoms with Gasteiger partial charge < -0.3 is 15.1 Å². The third-order valence-corrected chi connectivity index (χ3v) is 7.19. The first-order valence-electron chi connectivity index (χ1n) is 11.7. The molecule has 5 rings (SSSR count). The smallest absolute Gasteiger partial charge is 0.256 e. The van der Waals surface area contributed by atoms with Crippen LogP contribution >= 0.6 is 11.8 Å². The van der Waals surface area contributed by atoms with Gasteiger partial charge in [-0.15, -0.1) is 11.8 Å². The van der Waals surface area contributed by atoms with Crippen LogP contribution in [0.2, 0.25) is 0 Å². The van der Waals surface area contributed by atoms with E-state index in [-0.39, 0.29) is 23.1 Å². The lowest BCUT2D eigenvalue weighted by atomic mass is 10.1. The molecule has 2 heterocycles. The quantitative estimate of drug-likeness (QED) is 0.375. The molecule has 0 spiro atoms. The Bertz CT molecular complexity index is 1380. The van der Waals surface area contributed by atoms with Gasteiger partial charge in [-0.05, 0) is 48.5 Å². The number of thioether (sulfide) groups is 1. The molecule has 0 saturated carbocycles. The van der Waals surface area contributed by atoms with E-state index in [4.69, 9.17) is 0 Å². The summed E-state index contributed by atoms with van der Waals surface area (Å²) in [6.45, 7) is 2.35. The normalized spacial score (nSPS) is 13.6. The van der Waals surface area contributed by atoms with E-state index in [0.29, 0.717) is 26.2 Å². The van der Waals surface area contributed by atoms with Crippen LogP contribution in [0.15, 0.2) is 90.0 Å². The first-order chi connectivity index (χ1) is 17.6. The molecule has 2 amide bonds. The molecule has 6 nitrogen and oxygen atoms in total. The molecular formula is C28H25FN4O2S. The van der Waals surface area contributed by atoms with E-state index in [0.717, 1.165) is 27.2 Å². The Kier molecular flexibility index (Phi) is 7.13. The molecule has 3 aromatic carbocycles. The zero-order valence-electron chi connectivity index (χ0n) is 19.6. The molecule has 0 bridgehead atoms. The number of halogens is 1. The summed E-state index contributed by atoms with van der Waals surface area (Å²) in [6, 6.07) is 23.6. The number of hydrogen-bond donors (Lipinski definition) is 1. The van der Waals surface area contributed by atoms with Crippen LogP contribution in [0.1, 0.15) is 10.4 Å². The van der Waals surface area contributed by atoms with Gasteiger partial charge in [0.25, 0.3) is 5.91 Å². The van der Waals surface area contributed by atoms with Crippen LogP contribution in [0.3, 0.4) is 0 Å². The van der Waals surface area contributed by atoms with Crippen molar-refractivity contribution in [1.82, 2.24) is 9.88 Å². The topological polar surface area (TPSA) is 65.5 Å². The number of carbonyl (C=O) groups excluding carboxylic acids is 2. The van der Waals surface area contributed by atoms with Crippen molar-refractivity contribution in [3.05, 3.63) is 96.4 Å². The Morgan fingerprint density at radius 1 is 0.889 bits per heavy atom. The molecule has 1 aliphatic rings. The predicted molar refractivity (Wildman–Crippen MR) is 142 cm³/mol. The van der Waals surface area contributed by atoms with Crippen LogP contribution in [0.4, 0.5) is 15.8 Å². The third-order valence-electron chi connectivity index (χ3n) is 6.14. The molecule has 182 valence electrons. The number of amides is 2.